The normalized spacial score (nSPS) is 18.6. The average Bonchev–Trinajstić information content (AvgIpc) is 3.05. The van der Waals surface area contributed by atoms with Gasteiger partial charge in [0.2, 0.25) is 0 Å². The molecule has 0 radical (unpaired) electrons. The van der Waals surface area contributed by atoms with E-state index in [0.717, 1.165) is 4.90 Å². The maximum Gasteiger partial charge on any atom is 0.411 e. The number of alkyl halides is 3. The Balaban J connectivity index is 2.63. The molecule has 1 fully saturated rings. The van der Waals surface area contributed by atoms with Crippen LogP contribution >= 0.6 is 0 Å². The van der Waals surface area contributed by atoms with Crippen LogP contribution in [0, 0.1) is 5.92 Å². The van der Waals surface area contributed by atoms with Gasteiger partial charge < -0.3 is 15.3 Å². The largest absolute Gasteiger partial charge is 0.481 e. The van der Waals surface area contributed by atoms with Crippen LogP contribution in [0.4, 0.5) is 18.0 Å². The number of carboxylic acids is 1. The van der Waals surface area contributed by atoms with Crippen molar-refractivity contribution in [3.05, 3.63) is 0 Å². The Kier molecular flexibility index (Phi) is 4.32. The molecule has 0 aromatic carbocycles. The summed E-state index contributed by atoms with van der Waals surface area (Å²) in [5.74, 6) is -1.92. The minimum Gasteiger partial charge on any atom is -0.481 e. The summed E-state index contributed by atoms with van der Waals surface area (Å²) < 4.78 is 38.1. The number of aliphatic carboxylic acids is 1. The third-order valence-electron chi connectivity index (χ3n) is 3.22. The summed E-state index contributed by atoms with van der Waals surface area (Å²) in [6, 6.07) is -0.870. The summed E-state index contributed by atoms with van der Waals surface area (Å²) in [4.78, 5) is 23.5. The van der Waals surface area contributed by atoms with Gasteiger partial charge in [-0.1, -0.05) is 6.92 Å². The lowest BCUT2D eigenvalue weighted by Gasteiger charge is -2.27. The first-order valence-corrected chi connectivity index (χ1v) is 5.99. The average molecular weight is 282 g/mol. The maximum atomic E-state index is 12.7. The highest BCUT2D eigenvalue weighted by Gasteiger charge is 2.64. The topological polar surface area (TPSA) is 69.6 Å². The lowest BCUT2D eigenvalue weighted by atomic mass is 10.2. The SMILES string of the molecule is CCN(CC(C)C(=O)O)C(=O)NC1(C(F)(F)F)CC1. The summed E-state index contributed by atoms with van der Waals surface area (Å²) >= 11 is 0. The van der Waals surface area contributed by atoms with Gasteiger partial charge in [0.15, 0.2) is 0 Å². The molecule has 0 heterocycles. The zero-order valence-corrected chi connectivity index (χ0v) is 10.8. The van der Waals surface area contributed by atoms with Crippen LogP contribution < -0.4 is 5.32 Å². The van der Waals surface area contributed by atoms with Gasteiger partial charge in [0.25, 0.3) is 0 Å². The van der Waals surface area contributed by atoms with Crippen LogP contribution in [0.1, 0.15) is 26.7 Å². The number of hydrogen-bond acceptors (Lipinski definition) is 2. The van der Waals surface area contributed by atoms with Gasteiger partial charge in [0.1, 0.15) is 5.54 Å². The number of carbonyl (C=O) groups excluding carboxylic acids is 1. The highest BCUT2D eigenvalue weighted by Crippen LogP contribution is 2.48. The monoisotopic (exact) mass is 282 g/mol. The van der Waals surface area contributed by atoms with E-state index in [4.69, 9.17) is 5.11 Å². The molecular weight excluding hydrogens is 265 g/mol. The van der Waals surface area contributed by atoms with Gasteiger partial charge in [0.05, 0.1) is 5.92 Å². The van der Waals surface area contributed by atoms with E-state index in [0.29, 0.717) is 0 Å². The van der Waals surface area contributed by atoms with Crippen LogP contribution in [0.2, 0.25) is 0 Å². The van der Waals surface area contributed by atoms with Gasteiger partial charge >= 0.3 is 18.2 Å². The van der Waals surface area contributed by atoms with Crippen molar-refractivity contribution in [2.24, 2.45) is 5.92 Å². The van der Waals surface area contributed by atoms with E-state index in [1.807, 2.05) is 5.32 Å². The van der Waals surface area contributed by atoms with E-state index in [1.165, 1.54) is 6.92 Å². The van der Waals surface area contributed by atoms with Crippen molar-refractivity contribution in [1.29, 1.82) is 0 Å². The van der Waals surface area contributed by atoms with Crippen molar-refractivity contribution in [2.45, 2.75) is 38.4 Å². The van der Waals surface area contributed by atoms with E-state index >= 15 is 0 Å². The molecule has 0 aliphatic heterocycles. The second kappa shape index (κ2) is 5.26. The molecule has 0 spiro atoms. The number of urea groups is 1. The van der Waals surface area contributed by atoms with Crippen molar-refractivity contribution in [3.63, 3.8) is 0 Å². The Morgan fingerprint density at radius 1 is 1.42 bits per heavy atom. The van der Waals surface area contributed by atoms with E-state index in [9.17, 15) is 22.8 Å². The summed E-state index contributed by atoms with van der Waals surface area (Å²) in [5.41, 5.74) is -2.12. The summed E-state index contributed by atoms with van der Waals surface area (Å²) in [6.45, 7) is 3.01. The molecule has 1 unspecified atom stereocenters. The Labute approximate surface area is 108 Å². The number of amides is 2. The Morgan fingerprint density at radius 2 is 1.95 bits per heavy atom. The molecule has 19 heavy (non-hydrogen) atoms. The highest BCUT2D eigenvalue weighted by molar-refractivity contribution is 5.77. The number of halogens is 3. The molecule has 5 nitrogen and oxygen atoms in total. The second-order valence-corrected chi connectivity index (χ2v) is 4.79. The van der Waals surface area contributed by atoms with Gasteiger partial charge in [0, 0.05) is 13.1 Å². The summed E-state index contributed by atoms with van der Waals surface area (Å²) in [7, 11) is 0. The fourth-order valence-corrected chi connectivity index (χ4v) is 1.65. The van der Waals surface area contributed by atoms with Crippen LogP contribution in [-0.4, -0.2) is 46.8 Å². The zero-order valence-electron chi connectivity index (χ0n) is 10.8. The smallest absolute Gasteiger partial charge is 0.411 e. The number of nitrogens with zero attached hydrogens (tertiary/aromatic N) is 1. The first kappa shape index (κ1) is 15.6. The molecule has 2 amide bonds. The van der Waals surface area contributed by atoms with Gasteiger partial charge in [-0.25, -0.2) is 4.79 Å². The van der Waals surface area contributed by atoms with Crippen LogP contribution in [0.25, 0.3) is 0 Å². The molecular formula is C11H17F3N2O3. The van der Waals surface area contributed by atoms with E-state index in [-0.39, 0.29) is 25.9 Å². The molecule has 0 aromatic heterocycles. The fourth-order valence-electron chi connectivity index (χ4n) is 1.65. The lowest BCUT2D eigenvalue weighted by molar-refractivity contribution is -0.163. The standard InChI is InChI=1S/C11H17F3N2O3/c1-3-16(6-7(2)8(17)18)9(19)15-10(4-5-10)11(12,13)14/h7H,3-6H2,1-2H3,(H,15,19)(H,17,18). The molecule has 0 bridgehead atoms. The van der Waals surface area contributed by atoms with Crippen molar-refractivity contribution < 1.29 is 27.9 Å². The Bertz CT molecular complexity index is 367. The number of hydrogen-bond donors (Lipinski definition) is 2. The summed E-state index contributed by atoms with van der Waals surface area (Å²) in [6.07, 6.45) is -4.73. The molecule has 1 aliphatic carbocycles. The van der Waals surface area contributed by atoms with Crippen LogP contribution in [0.5, 0.6) is 0 Å². The predicted octanol–water partition coefficient (Wildman–Crippen LogP) is 1.83. The lowest BCUT2D eigenvalue weighted by Crippen LogP contribution is -2.53. The molecule has 1 saturated carbocycles. The van der Waals surface area contributed by atoms with E-state index in [1.54, 1.807) is 6.92 Å². The van der Waals surface area contributed by atoms with Crippen molar-refractivity contribution in [3.8, 4) is 0 Å². The third-order valence-corrected chi connectivity index (χ3v) is 3.22. The minimum atomic E-state index is -4.47. The fraction of sp³-hybridized carbons (Fsp3) is 0.818. The maximum absolute atomic E-state index is 12.7. The van der Waals surface area contributed by atoms with Gasteiger partial charge in [-0.05, 0) is 19.8 Å². The third kappa shape index (κ3) is 3.51. The van der Waals surface area contributed by atoms with E-state index in [2.05, 4.69) is 0 Å². The Morgan fingerprint density at radius 3 is 2.26 bits per heavy atom. The van der Waals surface area contributed by atoms with Gasteiger partial charge in [-0.3, -0.25) is 4.79 Å². The van der Waals surface area contributed by atoms with Crippen LogP contribution in [0.3, 0.4) is 0 Å². The molecule has 0 aromatic rings. The summed E-state index contributed by atoms with van der Waals surface area (Å²) in [5, 5.41) is 10.7. The zero-order chi connectivity index (χ0) is 14.8. The first-order valence-electron chi connectivity index (χ1n) is 5.99. The number of rotatable bonds is 5. The van der Waals surface area contributed by atoms with Crippen molar-refractivity contribution in [1.82, 2.24) is 10.2 Å². The Hall–Kier alpha value is -1.47. The van der Waals surface area contributed by atoms with Crippen LogP contribution in [-0.2, 0) is 4.79 Å². The molecule has 0 saturated heterocycles. The first-order chi connectivity index (χ1) is 8.63. The van der Waals surface area contributed by atoms with Crippen LogP contribution in [0.15, 0.2) is 0 Å². The van der Waals surface area contributed by atoms with Crippen molar-refractivity contribution in [2.75, 3.05) is 13.1 Å². The number of nitrogens with one attached hydrogen (secondary N) is 1. The predicted molar refractivity (Wildman–Crippen MR) is 60.6 cm³/mol. The minimum absolute atomic E-state index is 0.119. The molecule has 8 heteroatoms. The molecule has 1 aliphatic rings. The number of carbonyl (C=O) groups is 2. The molecule has 1 atom stereocenters. The van der Waals surface area contributed by atoms with Gasteiger partial charge in [-0.2, -0.15) is 13.2 Å². The quantitative estimate of drug-likeness (QED) is 0.808. The van der Waals surface area contributed by atoms with Gasteiger partial charge in [-0.15, -0.1) is 0 Å². The highest BCUT2D eigenvalue weighted by atomic mass is 19.4. The molecule has 110 valence electrons. The molecule has 1 rings (SSSR count). The number of carboxylic acid groups (broad SMARTS) is 1. The van der Waals surface area contributed by atoms with E-state index < -0.39 is 29.6 Å². The second-order valence-electron chi connectivity index (χ2n) is 4.79. The molecule has 2 N–H and O–H groups in total. The van der Waals surface area contributed by atoms with Crippen molar-refractivity contribution >= 4 is 12.0 Å².